The lowest BCUT2D eigenvalue weighted by Gasteiger charge is -2.10. The average Bonchev–Trinajstić information content (AvgIpc) is 2.93. The zero-order valence-electron chi connectivity index (χ0n) is 15.0. The summed E-state index contributed by atoms with van der Waals surface area (Å²) >= 11 is 1.02. The number of nitrogens with zero attached hydrogens (tertiary/aromatic N) is 1. The van der Waals surface area contributed by atoms with Gasteiger partial charge in [-0.3, -0.25) is 19.4 Å². The normalized spacial score (nSPS) is 12.1. The van der Waals surface area contributed by atoms with Gasteiger partial charge in [0.15, 0.2) is 0 Å². The number of anilines is 1. The van der Waals surface area contributed by atoms with Crippen LogP contribution in [0.5, 0.6) is 0 Å². The zero-order chi connectivity index (χ0) is 19.9. The minimum Gasteiger partial charge on any atom is -0.368 e. The van der Waals surface area contributed by atoms with E-state index in [1.807, 2.05) is 25.1 Å². The molecule has 0 aliphatic carbocycles. The van der Waals surface area contributed by atoms with Gasteiger partial charge in [0.2, 0.25) is 5.91 Å². The number of amides is 2. The molecule has 0 spiro atoms. The number of nitrogens with one attached hydrogen (secondary N) is 2. The summed E-state index contributed by atoms with van der Waals surface area (Å²) in [5, 5.41) is 3.01. The van der Waals surface area contributed by atoms with Crippen LogP contribution in [0.2, 0.25) is 0 Å². The van der Waals surface area contributed by atoms with Gasteiger partial charge < -0.3 is 11.1 Å². The summed E-state index contributed by atoms with van der Waals surface area (Å²) < 4.78 is 0.771. The topological polar surface area (TPSA) is 127 Å². The molecule has 3 aromatic rings. The highest BCUT2D eigenvalue weighted by Gasteiger charge is 2.23. The fourth-order valence-corrected chi connectivity index (χ4v) is 3.90. The number of hydrogen-bond acceptors (Lipinski definition) is 5. The fraction of sp³-hybridized carbons (Fsp3) is 0.222. The van der Waals surface area contributed by atoms with Crippen LogP contribution in [0.25, 0.3) is 10.2 Å². The highest BCUT2D eigenvalue weighted by Crippen LogP contribution is 2.27. The van der Waals surface area contributed by atoms with Crippen LogP contribution in [0.15, 0.2) is 33.9 Å². The van der Waals surface area contributed by atoms with E-state index >= 15 is 0 Å². The monoisotopic (exact) mass is 386 g/mol. The first-order valence-corrected chi connectivity index (χ1v) is 8.98. The van der Waals surface area contributed by atoms with Gasteiger partial charge in [-0.1, -0.05) is 18.2 Å². The maximum absolute atomic E-state index is 12.8. The lowest BCUT2D eigenvalue weighted by atomic mass is 10.1. The summed E-state index contributed by atoms with van der Waals surface area (Å²) in [5.74, 6) is -1.18. The van der Waals surface area contributed by atoms with Crippen molar-refractivity contribution in [1.82, 2.24) is 9.55 Å². The maximum atomic E-state index is 12.8. The molecule has 2 aromatic heterocycles. The standard InChI is InChI=1S/C18H18N4O4S/c1-8-6-4-5-7-11(8)20-15(24)13-9(2)12-16(27-13)21-18(26)22(17(12)25)10(3)14(19)23/h4-7,10H,1-3H3,(H2,19,23)(H,20,24)(H,21,26). The molecule has 8 nitrogen and oxygen atoms in total. The number of aryl methyl sites for hydroxylation is 2. The van der Waals surface area contributed by atoms with E-state index in [9.17, 15) is 19.2 Å². The second kappa shape index (κ2) is 6.84. The number of primary amides is 1. The molecule has 0 saturated heterocycles. The van der Waals surface area contributed by atoms with Crippen molar-refractivity contribution in [2.45, 2.75) is 26.8 Å². The molecule has 0 saturated carbocycles. The van der Waals surface area contributed by atoms with Gasteiger partial charge in [0.25, 0.3) is 11.5 Å². The highest BCUT2D eigenvalue weighted by molar-refractivity contribution is 7.20. The second-order valence-corrected chi connectivity index (χ2v) is 7.23. The maximum Gasteiger partial charge on any atom is 0.330 e. The van der Waals surface area contributed by atoms with Gasteiger partial charge in [0.05, 0.1) is 10.3 Å². The van der Waals surface area contributed by atoms with Crippen LogP contribution in [-0.4, -0.2) is 21.4 Å². The number of fused-ring (bicyclic) bond motifs is 1. The molecule has 3 rings (SSSR count). The Labute approximate surface area is 157 Å². The minimum atomic E-state index is -1.10. The van der Waals surface area contributed by atoms with Gasteiger partial charge in [-0.15, -0.1) is 11.3 Å². The Kier molecular flexibility index (Phi) is 4.71. The Balaban J connectivity index is 2.13. The van der Waals surface area contributed by atoms with E-state index in [2.05, 4.69) is 10.3 Å². The first kappa shape index (κ1) is 18.6. The second-order valence-electron chi connectivity index (χ2n) is 6.21. The van der Waals surface area contributed by atoms with Crippen LogP contribution in [-0.2, 0) is 4.79 Å². The lowest BCUT2D eigenvalue weighted by molar-refractivity contribution is -0.120. The first-order valence-electron chi connectivity index (χ1n) is 8.16. The predicted octanol–water partition coefficient (Wildman–Crippen LogP) is 1.67. The molecule has 1 unspecified atom stereocenters. The minimum absolute atomic E-state index is 0.197. The van der Waals surface area contributed by atoms with E-state index in [0.717, 1.165) is 21.5 Å². The predicted molar refractivity (Wildman–Crippen MR) is 104 cm³/mol. The number of carbonyl (C=O) groups excluding carboxylic acids is 2. The van der Waals surface area contributed by atoms with E-state index < -0.39 is 23.2 Å². The largest absolute Gasteiger partial charge is 0.368 e. The SMILES string of the molecule is Cc1ccccc1NC(=O)c1sc2[nH]c(=O)n(C(C)C(N)=O)c(=O)c2c1C. The Hall–Kier alpha value is -3.20. The van der Waals surface area contributed by atoms with Gasteiger partial charge in [0, 0.05) is 5.69 Å². The number of aromatic nitrogens is 2. The van der Waals surface area contributed by atoms with Crippen molar-refractivity contribution in [2.75, 3.05) is 5.32 Å². The molecule has 140 valence electrons. The summed E-state index contributed by atoms with van der Waals surface area (Å²) in [6, 6.07) is 6.22. The number of thiophene rings is 1. The van der Waals surface area contributed by atoms with Crippen LogP contribution in [0, 0.1) is 13.8 Å². The number of H-pyrrole nitrogens is 1. The van der Waals surface area contributed by atoms with Crippen molar-refractivity contribution in [1.29, 1.82) is 0 Å². The van der Waals surface area contributed by atoms with Crippen molar-refractivity contribution < 1.29 is 9.59 Å². The van der Waals surface area contributed by atoms with Crippen LogP contribution >= 0.6 is 11.3 Å². The number of benzene rings is 1. The zero-order valence-corrected chi connectivity index (χ0v) is 15.8. The Morgan fingerprint density at radius 1 is 1.22 bits per heavy atom. The number of nitrogens with two attached hydrogens (primary N) is 1. The van der Waals surface area contributed by atoms with E-state index in [1.54, 1.807) is 13.0 Å². The molecule has 0 bridgehead atoms. The van der Waals surface area contributed by atoms with Gasteiger partial charge in [-0.2, -0.15) is 0 Å². The van der Waals surface area contributed by atoms with Crippen LogP contribution in [0.3, 0.4) is 0 Å². The van der Waals surface area contributed by atoms with Crippen molar-refractivity contribution in [2.24, 2.45) is 5.73 Å². The van der Waals surface area contributed by atoms with Gasteiger partial charge in [-0.25, -0.2) is 9.36 Å². The molecular weight excluding hydrogens is 368 g/mol. The van der Waals surface area contributed by atoms with Crippen LogP contribution in [0.4, 0.5) is 5.69 Å². The summed E-state index contributed by atoms with van der Waals surface area (Å²) in [7, 11) is 0. The number of rotatable bonds is 4. The fourth-order valence-electron chi connectivity index (χ4n) is 2.82. The van der Waals surface area contributed by atoms with Crippen molar-refractivity contribution in [3.63, 3.8) is 0 Å². The summed E-state index contributed by atoms with van der Waals surface area (Å²) in [4.78, 5) is 52.3. The van der Waals surface area contributed by atoms with Crippen molar-refractivity contribution in [3.8, 4) is 0 Å². The van der Waals surface area contributed by atoms with Crippen molar-refractivity contribution in [3.05, 3.63) is 61.1 Å². The highest BCUT2D eigenvalue weighted by atomic mass is 32.1. The third-order valence-corrected chi connectivity index (χ3v) is 5.62. The molecular formula is C18H18N4O4S. The Morgan fingerprint density at radius 2 is 1.89 bits per heavy atom. The van der Waals surface area contributed by atoms with E-state index in [4.69, 9.17) is 5.73 Å². The molecule has 1 aromatic carbocycles. The molecule has 1 atom stereocenters. The Morgan fingerprint density at radius 3 is 2.52 bits per heavy atom. The quantitative estimate of drug-likeness (QED) is 0.630. The molecule has 0 fully saturated rings. The molecule has 0 aliphatic rings. The van der Waals surface area contributed by atoms with Crippen LogP contribution < -0.4 is 22.3 Å². The van der Waals surface area contributed by atoms with Crippen LogP contribution in [0.1, 0.15) is 33.8 Å². The molecule has 9 heteroatoms. The van der Waals surface area contributed by atoms with E-state index in [1.165, 1.54) is 6.92 Å². The molecule has 4 N–H and O–H groups in total. The Bertz CT molecular complexity index is 1190. The number of carbonyl (C=O) groups is 2. The molecule has 2 heterocycles. The van der Waals surface area contributed by atoms with Gasteiger partial charge in [-0.05, 0) is 38.0 Å². The van der Waals surface area contributed by atoms with Gasteiger partial charge in [0.1, 0.15) is 10.9 Å². The molecule has 0 aliphatic heterocycles. The van der Waals surface area contributed by atoms with Gasteiger partial charge >= 0.3 is 5.69 Å². The summed E-state index contributed by atoms with van der Waals surface area (Å²) in [6.45, 7) is 4.87. The van der Waals surface area contributed by atoms with E-state index in [-0.39, 0.29) is 16.1 Å². The first-order chi connectivity index (χ1) is 12.7. The molecule has 0 radical (unpaired) electrons. The number of para-hydroxylation sites is 1. The van der Waals surface area contributed by atoms with E-state index in [0.29, 0.717) is 16.1 Å². The lowest BCUT2D eigenvalue weighted by Crippen LogP contribution is -2.41. The van der Waals surface area contributed by atoms with Crippen molar-refractivity contribution >= 4 is 39.1 Å². The third-order valence-electron chi connectivity index (χ3n) is 4.42. The molecule has 27 heavy (non-hydrogen) atoms. The third kappa shape index (κ3) is 3.17. The summed E-state index contributed by atoms with van der Waals surface area (Å²) in [5.41, 5.74) is 5.83. The molecule has 2 amide bonds. The smallest absolute Gasteiger partial charge is 0.330 e. The number of hydrogen-bond donors (Lipinski definition) is 3. The number of aromatic amines is 1. The summed E-state index contributed by atoms with van der Waals surface area (Å²) in [6.07, 6.45) is 0. The average molecular weight is 386 g/mol.